The smallest absolute Gasteiger partial charge is 0.138 e. The Hall–Kier alpha value is -1.91. The first kappa shape index (κ1) is 12.1. The highest BCUT2D eigenvalue weighted by Gasteiger charge is 2.04. The zero-order chi connectivity index (χ0) is 13.1. The van der Waals surface area contributed by atoms with Crippen molar-refractivity contribution >= 4 is 21.4 Å². The maximum absolute atomic E-state index is 8.93. The van der Waals surface area contributed by atoms with E-state index in [1.807, 2.05) is 18.2 Å². The monoisotopic (exact) mass is 271 g/mol. The van der Waals surface area contributed by atoms with Gasteiger partial charge in [-0.05, 0) is 29.0 Å². The summed E-state index contributed by atoms with van der Waals surface area (Å²) in [7, 11) is 0. The number of ether oxygens (including phenoxy) is 1. The van der Waals surface area contributed by atoms with E-state index in [2.05, 4.69) is 22.5 Å². The van der Waals surface area contributed by atoms with Crippen molar-refractivity contribution in [2.75, 3.05) is 0 Å². The fraction of sp³-hybridized carbons (Fsp3) is 0.133. The molecule has 0 radical (unpaired) electrons. The van der Waals surface area contributed by atoms with E-state index < -0.39 is 0 Å². The molecule has 0 saturated carbocycles. The number of benzene rings is 1. The number of rotatable bonds is 4. The van der Waals surface area contributed by atoms with Gasteiger partial charge in [-0.3, -0.25) is 4.98 Å². The topological polar surface area (TPSA) is 42.4 Å². The molecule has 3 nitrogen and oxygen atoms in total. The third kappa shape index (κ3) is 2.59. The third-order valence-electron chi connectivity index (χ3n) is 2.92. The molecule has 3 aromatic rings. The van der Waals surface area contributed by atoms with E-state index in [-0.39, 0.29) is 6.61 Å². The van der Waals surface area contributed by atoms with Crippen molar-refractivity contribution in [3.8, 4) is 5.75 Å². The summed E-state index contributed by atoms with van der Waals surface area (Å²) in [6.07, 6.45) is 1.64. The van der Waals surface area contributed by atoms with Gasteiger partial charge in [0.1, 0.15) is 12.4 Å². The zero-order valence-electron chi connectivity index (χ0n) is 10.2. The van der Waals surface area contributed by atoms with Crippen molar-refractivity contribution < 1.29 is 9.84 Å². The molecular weight excluding hydrogens is 258 g/mol. The van der Waals surface area contributed by atoms with Gasteiger partial charge in [0.15, 0.2) is 0 Å². The second-order valence-corrected chi connectivity index (χ2v) is 5.10. The van der Waals surface area contributed by atoms with Gasteiger partial charge in [0.25, 0.3) is 0 Å². The molecule has 0 unspecified atom stereocenters. The Kier molecular flexibility index (Phi) is 3.44. The molecule has 1 N–H and O–H groups in total. The second-order valence-electron chi connectivity index (χ2n) is 4.19. The number of aromatic nitrogens is 1. The summed E-state index contributed by atoms with van der Waals surface area (Å²) in [6, 6.07) is 11.9. The van der Waals surface area contributed by atoms with Gasteiger partial charge in [-0.25, -0.2) is 0 Å². The van der Waals surface area contributed by atoms with Gasteiger partial charge in [0.05, 0.1) is 18.5 Å². The van der Waals surface area contributed by atoms with Crippen molar-refractivity contribution in [1.29, 1.82) is 0 Å². The van der Waals surface area contributed by atoms with Crippen molar-refractivity contribution in [3.63, 3.8) is 0 Å². The molecule has 0 aliphatic rings. The van der Waals surface area contributed by atoms with Crippen LogP contribution in [0.4, 0.5) is 0 Å². The third-order valence-corrected chi connectivity index (χ3v) is 3.93. The lowest BCUT2D eigenvalue weighted by Crippen LogP contribution is -1.96. The Labute approximate surface area is 115 Å². The van der Waals surface area contributed by atoms with Crippen LogP contribution in [0.5, 0.6) is 5.75 Å². The van der Waals surface area contributed by atoms with Crippen molar-refractivity contribution in [3.05, 3.63) is 59.2 Å². The average molecular weight is 271 g/mol. The van der Waals surface area contributed by atoms with Crippen molar-refractivity contribution in [2.45, 2.75) is 13.2 Å². The first-order chi connectivity index (χ1) is 9.36. The predicted molar refractivity (Wildman–Crippen MR) is 76.3 cm³/mol. The van der Waals surface area contributed by atoms with E-state index >= 15 is 0 Å². The van der Waals surface area contributed by atoms with Gasteiger partial charge in [-0.2, -0.15) is 0 Å². The molecule has 0 aliphatic heterocycles. The van der Waals surface area contributed by atoms with Crippen LogP contribution in [0, 0.1) is 0 Å². The molecule has 1 aromatic carbocycles. The number of pyridine rings is 1. The molecule has 0 spiro atoms. The van der Waals surface area contributed by atoms with E-state index in [0.29, 0.717) is 18.1 Å². The van der Waals surface area contributed by atoms with Crippen LogP contribution in [0.3, 0.4) is 0 Å². The number of thiophene rings is 1. The van der Waals surface area contributed by atoms with E-state index in [4.69, 9.17) is 9.84 Å². The molecule has 0 atom stereocenters. The molecule has 0 aliphatic carbocycles. The normalized spacial score (nSPS) is 10.8. The molecule has 96 valence electrons. The Morgan fingerprint density at radius 3 is 2.84 bits per heavy atom. The highest BCUT2D eigenvalue weighted by molar-refractivity contribution is 7.17. The molecular formula is C15H13NO2S. The Balaban J connectivity index is 1.74. The quantitative estimate of drug-likeness (QED) is 0.791. The van der Waals surface area contributed by atoms with Crippen LogP contribution >= 0.6 is 11.3 Å². The molecule has 19 heavy (non-hydrogen) atoms. The fourth-order valence-electron chi connectivity index (χ4n) is 1.90. The summed E-state index contributed by atoms with van der Waals surface area (Å²) in [5, 5.41) is 12.3. The zero-order valence-corrected chi connectivity index (χ0v) is 11.1. The maximum atomic E-state index is 8.93. The molecule has 3 rings (SSSR count). The van der Waals surface area contributed by atoms with Crippen LogP contribution in [0.15, 0.2) is 48.0 Å². The summed E-state index contributed by atoms with van der Waals surface area (Å²) in [5.41, 5.74) is 1.83. The van der Waals surface area contributed by atoms with E-state index in [1.54, 1.807) is 23.6 Å². The van der Waals surface area contributed by atoms with Crippen LogP contribution in [-0.2, 0) is 13.2 Å². The molecule has 2 aromatic heterocycles. The van der Waals surface area contributed by atoms with Gasteiger partial charge in [0, 0.05) is 10.3 Å². The minimum Gasteiger partial charge on any atom is -0.487 e. The van der Waals surface area contributed by atoms with E-state index in [9.17, 15) is 0 Å². The number of aliphatic hydroxyl groups is 1. The number of aliphatic hydroxyl groups excluding tert-OH is 1. The molecule has 0 saturated heterocycles. The lowest BCUT2D eigenvalue weighted by molar-refractivity contribution is 0.275. The Morgan fingerprint density at radius 1 is 1.16 bits per heavy atom. The van der Waals surface area contributed by atoms with Crippen molar-refractivity contribution in [1.82, 2.24) is 4.98 Å². The largest absolute Gasteiger partial charge is 0.487 e. The minimum absolute atomic E-state index is 0.0462. The molecule has 0 fully saturated rings. The number of hydrogen-bond donors (Lipinski definition) is 1. The summed E-state index contributed by atoms with van der Waals surface area (Å²) in [6.45, 7) is 0.486. The summed E-state index contributed by atoms with van der Waals surface area (Å²) in [5.74, 6) is 0.715. The molecule has 0 amide bonds. The van der Waals surface area contributed by atoms with E-state index in [0.717, 1.165) is 0 Å². The lowest BCUT2D eigenvalue weighted by atomic mass is 10.2. The van der Waals surface area contributed by atoms with Crippen LogP contribution in [0.1, 0.15) is 11.3 Å². The number of fused-ring (bicyclic) bond motifs is 1. The Morgan fingerprint density at radius 2 is 2.05 bits per heavy atom. The average Bonchev–Trinajstić information content (AvgIpc) is 2.89. The first-order valence-corrected chi connectivity index (χ1v) is 6.88. The van der Waals surface area contributed by atoms with E-state index in [1.165, 1.54) is 15.6 Å². The summed E-state index contributed by atoms with van der Waals surface area (Å²) in [4.78, 5) is 4.09. The lowest BCUT2D eigenvalue weighted by Gasteiger charge is -2.05. The number of nitrogens with zero attached hydrogens (tertiary/aromatic N) is 1. The predicted octanol–water partition coefficient (Wildman–Crippen LogP) is 3.37. The number of hydrogen-bond acceptors (Lipinski definition) is 4. The van der Waals surface area contributed by atoms with Crippen LogP contribution in [0.25, 0.3) is 10.1 Å². The molecule has 2 heterocycles. The summed E-state index contributed by atoms with van der Waals surface area (Å²) < 4.78 is 6.99. The highest BCUT2D eigenvalue weighted by atomic mass is 32.1. The van der Waals surface area contributed by atoms with Crippen molar-refractivity contribution in [2.24, 2.45) is 0 Å². The molecule has 4 heteroatoms. The minimum atomic E-state index is -0.0462. The first-order valence-electron chi connectivity index (χ1n) is 6.00. The fourth-order valence-corrected chi connectivity index (χ4v) is 2.84. The second kappa shape index (κ2) is 5.38. The van der Waals surface area contributed by atoms with Crippen LogP contribution in [-0.4, -0.2) is 10.1 Å². The van der Waals surface area contributed by atoms with Gasteiger partial charge in [-0.15, -0.1) is 11.3 Å². The van der Waals surface area contributed by atoms with Gasteiger partial charge < -0.3 is 9.84 Å². The highest BCUT2D eigenvalue weighted by Crippen LogP contribution is 2.26. The van der Waals surface area contributed by atoms with Gasteiger partial charge >= 0.3 is 0 Å². The Bertz CT molecular complexity index is 676. The maximum Gasteiger partial charge on any atom is 0.138 e. The molecule has 0 bridgehead atoms. The standard InChI is InChI=1S/C15H13NO2S/c17-8-12-5-6-13(7-16-12)18-9-11-10-19-15-4-2-1-3-14(11)15/h1-7,10,17H,8-9H2. The van der Waals surface area contributed by atoms with Crippen LogP contribution < -0.4 is 4.74 Å². The van der Waals surface area contributed by atoms with Crippen LogP contribution in [0.2, 0.25) is 0 Å². The SMILES string of the molecule is OCc1ccc(OCc2csc3ccccc23)cn1. The van der Waals surface area contributed by atoms with Gasteiger partial charge in [-0.1, -0.05) is 18.2 Å². The van der Waals surface area contributed by atoms with Gasteiger partial charge in [0.2, 0.25) is 0 Å². The summed E-state index contributed by atoms with van der Waals surface area (Å²) >= 11 is 1.73.